The molecule has 82 valence electrons. The average molecular weight is 217 g/mol. The lowest BCUT2D eigenvalue weighted by Gasteiger charge is -1.95. The molecular formula is C12H21ClO. The highest BCUT2D eigenvalue weighted by Gasteiger charge is 1.86. The largest absolute Gasteiger partial charge is 0.374 e. The monoisotopic (exact) mass is 216 g/mol. The molecule has 14 heavy (non-hydrogen) atoms. The van der Waals surface area contributed by atoms with Crippen molar-refractivity contribution in [2.75, 3.05) is 0 Å². The molecule has 1 nitrogen and oxygen atoms in total. The van der Waals surface area contributed by atoms with Crippen LogP contribution in [0.25, 0.3) is 0 Å². The van der Waals surface area contributed by atoms with Crippen LogP contribution in [0.4, 0.5) is 0 Å². The third-order valence-electron chi connectivity index (χ3n) is 1.99. The number of halogens is 1. The molecule has 1 atom stereocenters. The van der Waals surface area contributed by atoms with Gasteiger partial charge >= 0.3 is 0 Å². The van der Waals surface area contributed by atoms with E-state index in [1.165, 1.54) is 32.1 Å². The summed E-state index contributed by atoms with van der Waals surface area (Å²) in [6.07, 6.45) is 15.1. The second-order valence-electron chi connectivity index (χ2n) is 3.39. The van der Waals surface area contributed by atoms with Gasteiger partial charge in [0.2, 0.25) is 0 Å². The normalized spacial score (nSPS) is 14.2. The van der Waals surface area contributed by atoms with Crippen molar-refractivity contribution in [1.82, 2.24) is 0 Å². The zero-order valence-electron chi connectivity index (χ0n) is 8.95. The minimum atomic E-state index is -0.857. The van der Waals surface area contributed by atoms with Crippen molar-refractivity contribution < 1.29 is 5.11 Å². The van der Waals surface area contributed by atoms with Gasteiger partial charge in [-0.2, -0.15) is 0 Å². The van der Waals surface area contributed by atoms with Gasteiger partial charge in [0, 0.05) is 0 Å². The molecule has 0 fully saturated rings. The Kier molecular flexibility index (Phi) is 10.6. The van der Waals surface area contributed by atoms with Gasteiger partial charge in [-0.1, -0.05) is 62.4 Å². The fourth-order valence-corrected chi connectivity index (χ4v) is 1.28. The van der Waals surface area contributed by atoms with Crippen LogP contribution < -0.4 is 0 Å². The molecule has 0 aliphatic carbocycles. The van der Waals surface area contributed by atoms with Crippen molar-refractivity contribution in [1.29, 1.82) is 0 Å². The predicted octanol–water partition coefficient (Wildman–Crippen LogP) is 4.02. The van der Waals surface area contributed by atoms with Crippen molar-refractivity contribution in [2.24, 2.45) is 0 Å². The van der Waals surface area contributed by atoms with E-state index >= 15 is 0 Å². The average Bonchev–Trinajstić information content (AvgIpc) is 2.15. The van der Waals surface area contributed by atoms with Crippen LogP contribution in [0.15, 0.2) is 24.3 Å². The Hall–Kier alpha value is -0.270. The van der Waals surface area contributed by atoms with Crippen LogP contribution in [0.1, 0.15) is 45.4 Å². The Labute approximate surface area is 92.5 Å². The third-order valence-corrected chi connectivity index (χ3v) is 2.14. The van der Waals surface area contributed by atoms with E-state index in [9.17, 15) is 0 Å². The molecule has 0 aromatic rings. The molecule has 0 heterocycles. The van der Waals surface area contributed by atoms with Crippen LogP contribution in [-0.2, 0) is 0 Å². The summed E-state index contributed by atoms with van der Waals surface area (Å²) in [5.74, 6) is 0. The second kappa shape index (κ2) is 10.8. The van der Waals surface area contributed by atoms with Crippen LogP contribution in [0.3, 0.4) is 0 Å². The van der Waals surface area contributed by atoms with Gasteiger partial charge < -0.3 is 5.11 Å². The summed E-state index contributed by atoms with van der Waals surface area (Å²) >= 11 is 5.31. The maximum atomic E-state index is 8.70. The Morgan fingerprint density at radius 2 is 1.86 bits per heavy atom. The minimum Gasteiger partial charge on any atom is -0.374 e. The first-order valence-electron chi connectivity index (χ1n) is 5.43. The highest BCUT2D eigenvalue weighted by atomic mass is 35.5. The first-order chi connectivity index (χ1) is 6.77. The lowest BCUT2D eigenvalue weighted by molar-refractivity contribution is 0.303. The van der Waals surface area contributed by atoms with Crippen molar-refractivity contribution in [3.8, 4) is 0 Å². The van der Waals surface area contributed by atoms with E-state index in [0.717, 1.165) is 6.42 Å². The molecule has 0 aromatic carbocycles. The molecule has 0 rings (SSSR count). The zero-order chi connectivity index (χ0) is 10.6. The molecule has 0 saturated carbocycles. The van der Waals surface area contributed by atoms with Gasteiger partial charge in [-0.05, 0) is 18.9 Å². The van der Waals surface area contributed by atoms with E-state index in [-0.39, 0.29) is 0 Å². The standard InChI is InChI=1S/C12H21ClO/c1-2-3-4-5-6-7-8-9-10-11-12(13)14/h8-12,14H,2-7H2,1H3/b9-8+,11-10+. The summed E-state index contributed by atoms with van der Waals surface area (Å²) in [7, 11) is 0. The number of rotatable bonds is 8. The van der Waals surface area contributed by atoms with Gasteiger partial charge in [0.25, 0.3) is 0 Å². The van der Waals surface area contributed by atoms with Gasteiger partial charge in [-0.15, -0.1) is 0 Å². The molecule has 1 unspecified atom stereocenters. The van der Waals surface area contributed by atoms with E-state index in [0.29, 0.717) is 0 Å². The van der Waals surface area contributed by atoms with Gasteiger partial charge in [-0.25, -0.2) is 0 Å². The molecule has 0 amide bonds. The highest BCUT2D eigenvalue weighted by Crippen LogP contribution is 2.05. The first-order valence-corrected chi connectivity index (χ1v) is 5.86. The maximum Gasteiger partial charge on any atom is 0.146 e. The van der Waals surface area contributed by atoms with E-state index in [2.05, 4.69) is 13.0 Å². The number of aliphatic hydroxyl groups is 1. The quantitative estimate of drug-likeness (QED) is 0.369. The van der Waals surface area contributed by atoms with Crippen LogP contribution in [0.2, 0.25) is 0 Å². The van der Waals surface area contributed by atoms with E-state index in [1.807, 2.05) is 6.08 Å². The number of hydrogen-bond donors (Lipinski definition) is 1. The highest BCUT2D eigenvalue weighted by molar-refractivity contribution is 6.20. The van der Waals surface area contributed by atoms with Crippen LogP contribution in [0, 0.1) is 0 Å². The first kappa shape index (κ1) is 13.7. The number of alkyl halides is 1. The van der Waals surface area contributed by atoms with Gasteiger partial charge in [0.1, 0.15) is 5.56 Å². The minimum absolute atomic E-state index is 0.857. The molecule has 0 aliphatic heterocycles. The lowest BCUT2D eigenvalue weighted by atomic mass is 10.1. The molecule has 0 aliphatic rings. The molecule has 0 radical (unpaired) electrons. The summed E-state index contributed by atoms with van der Waals surface area (Å²) in [5.41, 5.74) is -0.857. The Balaban J connectivity index is 3.19. The molecule has 0 saturated heterocycles. The van der Waals surface area contributed by atoms with Crippen LogP contribution in [0.5, 0.6) is 0 Å². The second-order valence-corrected chi connectivity index (χ2v) is 3.84. The lowest BCUT2D eigenvalue weighted by Crippen LogP contribution is -1.85. The van der Waals surface area contributed by atoms with E-state index in [1.54, 1.807) is 12.2 Å². The van der Waals surface area contributed by atoms with Crippen molar-refractivity contribution in [3.63, 3.8) is 0 Å². The molecule has 0 aromatic heterocycles. The number of unbranched alkanes of at least 4 members (excludes halogenated alkanes) is 5. The van der Waals surface area contributed by atoms with E-state index < -0.39 is 5.56 Å². The smallest absolute Gasteiger partial charge is 0.146 e. The summed E-state index contributed by atoms with van der Waals surface area (Å²) in [5, 5.41) is 8.70. The van der Waals surface area contributed by atoms with Crippen molar-refractivity contribution in [3.05, 3.63) is 24.3 Å². The summed E-state index contributed by atoms with van der Waals surface area (Å²) in [6.45, 7) is 2.22. The fraction of sp³-hybridized carbons (Fsp3) is 0.667. The van der Waals surface area contributed by atoms with Gasteiger partial charge in [0.05, 0.1) is 0 Å². The molecule has 0 spiro atoms. The van der Waals surface area contributed by atoms with Crippen LogP contribution in [-0.4, -0.2) is 10.7 Å². The summed E-state index contributed by atoms with van der Waals surface area (Å²) in [4.78, 5) is 0. The van der Waals surface area contributed by atoms with E-state index in [4.69, 9.17) is 16.7 Å². The summed E-state index contributed by atoms with van der Waals surface area (Å²) in [6, 6.07) is 0. The zero-order valence-corrected chi connectivity index (χ0v) is 9.71. The molecule has 2 heteroatoms. The topological polar surface area (TPSA) is 20.2 Å². The predicted molar refractivity (Wildman–Crippen MR) is 63.5 cm³/mol. The van der Waals surface area contributed by atoms with Gasteiger partial charge in [-0.3, -0.25) is 0 Å². The molecular weight excluding hydrogens is 196 g/mol. The van der Waals surface area contributed by atoms with Gasteiger partial charge in [0.15, 0.2) is 0 Å². The Morgan fingerprint density at radius 3 is 2.50 bits per heavy atom. The van der Waals surface area contributed by atoms with Crippen molar-refractivity contribution >= 4 is 11.6 Å². The third kappa shape index (κ3) is 11.7. The van der Waals surface area contributed by atoms with Crippen LogP contribution >= 0.6 is 11.6 Å². The molecule has 1 N–H and O–H groups in total. The number of allylic oxidation sites excluding steroid dienone is 3. The van der Waals surface area contributed by atoms with Crippen molar-refractivity contribution in [2.45, 2.75) is 51.0 Å². The number of hydrogen-bond acceptors (Lipinski definition) is 1. The Bertz CT molecular complexity index is 162. The summed E-state index contributed by atoms with van der Waals surface area (Å²) < 4.78 is 0. The fourth-order valence-electron chi connectivity index (χ4n) is 1.20. The Morgan fingerprint density at radius 1 is 1.14 bits per heavy atom. The number of aliphatic hydroxyl groups excluding tert-OH is 1. The molecule has 0 bridgehead atoms. The maximum absolute atomic E-state index is 8.70. The SMILES string of the molecule is CCCCCCC/C=C/C=C/C(O)Cl.